The van der Waals surface area contributed by atoms with Gasteiger partial charge in [-0.2, -0.15) is 0 Å². The van der Waals surface area contributed by atoms with Crippen molar-refractivity contribution < 1.29 is 0 Å². The molecule has 1 nitrogen and oxygen atoms in total. The molecule has 0 aliphatic rings. The van der Waals surface area contributed by atoms with Gasteiger partial charge >= 0.3 is 0 Å². The molecule has 0 atom stereocenters. The molecule has 0 saturated heterocycles. The van der Waals surface area contributed by atoms with Crippen LogP contribution >= 0.6 is 0 Å². The van der Waals surface area contributed by atoms with Gasteiger partial charge in [0.1, 0.15) is 0 Å². The molecule has 0 aliphatic carbocycles. The standard InChI is InChI=1S/C25H28BN/c1-5-20-17-19(2)25(24(18-20)27-4)26(3)23-14-10-9-13-22(23)16-15-21-11-7-6-8-12-21/h6-18,27H,5H2,1-4H3/b16-15-. The summed E-state index contributed by atoms with van der Waals surface area (Å²) in [5, 5.41) is 3.42. The van der Waals surface area contributed by atoms with E-state index < -0.39 is 0 Å². The molecule has 0 heterocycles. The predicted molar refractivity (Wildman–Crippen MR) is 123 cm³/mol. The summed E-state index contributed by atoms with van der Waals surface area (Å²) in [7, 11) is 2.02. The van der Waals surface area contributed by atoms with Gasteiger partial charge in [0.2, 0.25) is 6.71 Å². The summed E-state index contributed by atoms with van der Waals surface area (Å²) < 4.78 is 0. The van der Waals surface area contributed by atoms with Crippen molar-refractivity contribution in [2.75, 3.05) is 12.4 Å². The monoisotopic (exact) mass is 353 g/mol. The summed E-state index contributed by atoms with van der Waals surface area (Å²) in [6.45, 7) is 7.06. The molecule has 0 fully saturated rings. The molecule has 0 spiro atoms. The Kier molecular flexibility index (Phi) is 6.18. The highest BCUT2D eigenvalue weighted by Crippen LogP contribution is 2.15. The second kappa shape index (κ2) is 8.77. The van der Waals surface area contributed by atoms with Gasteiger partial charge in [0.25, 0.3) is 0 Å². The van der Waals surface area contributed by atoms with E-state index >= 15 is 0 Å². The lowest BCUT2D eigenvalue weighted by Crippen LogP contribution is -2.43. The highest BCUT2D eigenvalue weighted by Gasteiger charge is 2.21. The van der Waals surface area contributed by atoms with Crippen molar-refractivity contribution in [1.29, 1.82) is 0 Å². The molecule has 0 saturated carbocycles. The third kappa shape index (κ3) is 4.33. The zero-order valence-electron chi connectivity index (χ0n) is 16.8. The van der Waals surface area contributed by atoms with Crippen LogP contribution in [-0.4, -0.2) is 13.8 Å². The average Bonchev–Trinajstić information content (AvgIpc) is 2.72. The van der Waals surface area contributed by atoms with E-state index in [4.69, 9.17) is 0 Å². The fraction of sp³-hybridized carbons (Fsp3) is 0.200. The lowest BCUT2D eigenvalue weighted by Gasteiger charge is -2.20. The molecule has 3 aromatic carbocycles. The number of hydrogen-bond donors (Lipinski definition) is 1. The minimum Gasteiger partial charge on any atom is -0.389 e. The van der Waals surface area contributed by atoms with Crippen molar-refractivity contribution in [2.45, 2.75) is 27.1 Å². The summed E-state index contributed by atoms with van der Waals surface area (Å²) in [5.41, 5.74) is 9.21. The van der Waals surface area contributed by atoms with Gasteiger partial charge in [-0.3, -0.25) is 0 Å². The van der Waals surface area contributed by atoms with Gasteiger partial charge in [-0.15, -0.1) is 0 Å². The Hall–Kier alpha value is -2.74. The van der Waals surface area contributed by atoms with Gasteiger partial charge in [-0.05, 0) is 41.6 Å². The van der Waals surface area contributed by atoms with E-state index in [2.05, 4.69) is 105 Å². The Morgan fingerprint density at radius 2 is 1.63 bits per heavy atom. The van der Waals surface area contributed by atoms with Crippen molar-refractivity contribution >= 4 is 35.5 Å². The zero-order chi connectivity index (χ0) is 19.2. The molecule has 136 valence electrons. The number of benzene rings is 3. The first-order chi connectivity index (χ1) is 13.1. The first-order valence-electron chi connectivity index (χ1n) is 9.77. The summed E-state index contributed by atoms with van der Waals surface area (Å²) >= 11 is 0. The van der Waals surface area contributed by atoms with Crippen molar-refractivity contribution in [3.63, 3.8) is 0 Å². The Morgan fingerprint density at radius 1 is 0.926 bits per heavy atom. The molecule has 0 amide bonds. The number of rotatable bonds is 6. The Labute approximate surface area is 164 Å². The van der Waals surface area contributed by atoms with Gasteiger partial charge < -0.3 is 5.32 Å². The van der Waals surface area contributed by atoms with Crippen LogP contribution < -0.4 is 16.2 Å². The van der Waals surface area contributed by atoms with E-state index in [9.17, 15) is 0 Å². The van der Waals surface area contributed by atoms with Crippen LogP contribution in [0, 0.1) is 6.92 Å². The average molecular weight is 353 g/mol. The van der Waals surface area contributed by atoms with Crippen molar-refractivity contribution in [2.24, 2.45) is 0 Å². The van der Waals surface area contributed by atoms with Crippen LogP contribution in [0.1, 0.15) is 29.2 Å². The van der Waals surface area contributed by atoms with E-state index in [1.54, 1.807) is 0 Å². The fourth-order valence-corrected chi connectivity index (χ4v) is 3.82. The molecule has 0 aliphatic heterocycles. The normalized spacial score (nSPS) is 11.0. The van der Waals surface area contributed by atoms with E-state index in [0.717, 1.165) is 6.42 Å². The smallest absolute Gasteiger partial charge is 0.210 e. The van der Waals surface area contributed by atoms with Crippen molar-refractivity contribution in [3.8, 4) is 0 Å². The molecule has 3 rings (SSSR count). The first kappa shape index (κ1) is 19.0. The Bertz CT molecular complexity index is 928. The van der Waals surface area contributed by atoms with Gasteiger partial charge in [0.15, 0.2) is 0 Å². The number of anilines is 1. The van der Waals surface area contributed by atoms with Crippen molar-refractivity contribution in [1.82, 2.24) is 0 Å². The van der Waals surface area contributed by atoms with Gasteiger partial charge in [-0.1, -0.05) is 97.6 Å². The minimum absolute atomic E-state index is 0.315. The van der Waals surface area contributed by atoms with E-state index in [1.165, 1.54) is 38.9 Å². The quantitative estimate of drug-likeness (QED) is 0.485. The lowest BCUT2D eigenvalue weighted by molar-refractivity contribution is 1.13. The van der Waals surface area contributed by atoms with Crippen LogP contribution in [0.15, 0.2) is 66.7 Å². The molecular formula is C25H28BN. The topological polar surface area (TPSA) is 12.0 Å². The molecule has 0 unspecified atom stereocenters. The number of hydrogen-bond acceptors (Lipinski definition) is 1. The third-order valence-electron chi connectivity index (χ3n) is 5.27. The Morgan fingerprint density at radius 3 is 2.33 bits per heavy atom. The van der Waals surface area contributed by atoms with Crippen LogP contribution in [0.3, 0.4) is 0 Å². The molecule has 2 heteroatoms. The minimum atomic E-state index is 0.315. The molecule has 27 heavy (non-hydrogen) atoms. The fourth-order valence-electron chi connectivity index (χ4n) is 3.82. The SMILES string of the molecule is CCc1cc(C)c(B(C)c2ccccc2/C=C\c2ccccc2)c(NC)c1. The highest BCUT2D eigenvalue weighted by atomic mass is 14.8. The lowest BCUT2D eigenvalue weighted by atomic mass is 9.40. The molecule has 3 aromatic rings. The maximum absolute atomic E-state index is 3.42. The highest BCUT2D eigenvalue weighted by molar-refractivity contribution is 6.86. The summed E-state index contributed by atoms with van der Waals surface area (Å²) in [5.74, 6) is 0. The zero-order valence-corrected chi connectivity index (χ0v) is 16.8. The van der Waals surface area contributed by atoms with Gasteiger partial charge in [0, 0.05) is 12.7 Å². The Balaban J connectivity index is 2.01. The van der Waals surface area contributed by atoms with Crippen LogP contribution in [0.25, 0.3) is 12.2 Å². The number of nitrogens with one attached hydrogen (secondary N) is 1. The molecular weight excluding hydrogens is 325 g/mol. The van der Waals surface area contributed by atoms with Crippen LogP contribution in [0.4, 0.5) is 5.69 Å². The van der Waals surface area contributed by atoms with Gasteiger partial charge in [-0.25, -0.2) is 0 Å². The second-order valence-corrected chi connectivity index (χ2v) is 7.07. The van der Waals surface area contributed by atoms with Crippen LogP contribution in [-0.2, 0) is 6.42 Å². The molecule has 0 radical (unpaired) electrons. The maximum atomic E-state index is 3.42. The molecule has 0 aromatic heterocycles. The van der Waals surface area contributed by atoms with Crippen LogP contribution in [0.5, 0.6) is 0 Å². The van der Waals surface area contributed by atoms with Crippen LogP contribution in [0.2, 0.25) is 6.82 Å². The molecule has 0 bridgehead atoms. The maximum Gasteiger partial charge on any atom is 0.210 e. The first-order valence-corrected chi connectivity index (χ1v) is 9.77. The summed E-state index contributed by atoms with van der Waals surface area (Å²) in [6, 6.07) is 23.8. The van der Waals surface area contributed by atoms with Crippen molar-refractivity contribution in [3.05, 3.63) is 89.0 Å². The summed E-state index contributed by atoms with van der Waals surface area (Å²) in [4.78, 5) is 0. The third-order valence-corrected chi connectivity index (χ3v) is 5.27. The second-order valence-electron chi connectivity index (χ2n) is 7.07. The van der Waals surface area contributed by atoms with E-state index in [1.807, 2.05) is 7.05 Å². The van der Waals surface area contributed by atoms with E-state index in [-0.39, 0.29) is 0 Å². The van der Waals surface area contributed by atoms with Gasteiger partial charge in [0.05, 0.1) is 0 Å². The predicted octanol–water partition coefficient (Wildman–Crippen LogP) is 5.01. The molecule has 1 N–H and O–H groups in total. The number of aryl methyl sites for hydroxylation is 2. The summed E-state index contributed by atoms with van der Waals surface area (Å²) in [6.07, 6.45) is 5.48. The largest absolute Gasteiger partial charge is 0.389 e. The van der Waals surface area contributed by atoms with E-state index in [0.29, 0.717) is 6.71 Å².